The van der Waals surface area contributed by atoms with E-state index in [4.69, 9.17) is 4.74 Å². The minimum atomic E-state index is -4.39. The van der Waals surface area contributed by atoms with E-state index in [0.717, 1.165) is 35.4 Å². The average molecular weight is 347 g/mol. The Morgan fingerprint density at radius 1 is 1.20 bits per heavy atom. The molecule has 1 aliphatic heterocycles. The van der Waals surface area contributed by atoms with Crippen LogP contribution in [0.15, 0.2) is 48.5 Å². The van der Waals surface area contributed by atoms with Crippen molar-refractivity contribution in [1.82, 2.24) is 5.32 Å². The second-order valence-corrected chi connectivity index (χ2v) is 5.71. The maximum Gasteiger partial charge on any atom is 0.416 e. The van der Waals surface area contributed by atoms with Gasteiger partial charge >= 0.3 is 6.18 Å². The van der Waals surface area contributed by atoms with Crippen molar-refractivity contribution in [2.45, 2.75) is 19.1 Å². The van der Waals surface area contributed by atoms with Gasteiger partial charge in [-0.15, -0.1) is 0 Å². The number of nitrogens with one attached hydrogen (secondary N) is 1. The Balaban J connectivity index is 1.58. The number of ether oxygens (including phenoxy) is 1. The molecule has 0 unspecified atom stereocenters. The number of amides is 1. The molecule has 3 rings (SSSR count). The predicted molar refractivity (Wildman–Crippen MR) is 88.0 cm³/mol. The number of fused-ring (bicyclic) bond motifs is 1. The molecule has 0 radical (unpaired) electrons. The number of hydrogen-bond donors (Lipinski definition) is 1. The van der Waals surface area contributed by atoms with Gasteiger partial charge in [-0.2, -0.15) is 13.2 Å². The second-order valence-electron chi connectivity index (χ2n) is 5.71. The molecule has 0 saturated carbocycles. The van der Waals surface area contributed by atoms with Gasteiger partial charge < -0.3 is 10.1 Å². The van der Waals surface area contributed by atoms with E-state index in [2.05, 4.69) is 5.32 Å². The third-order valence-corrected chi connectivity index (χ3v) is 3.86. The summed E-state index contributed by atoms with van der Waals surface area (Å²) in [5.74, 6) is 0.500. The van der Waals surface area contributed by atoms with Crippen molar-refractivity contribution in [2.24, 2.45) is 0 Å². The molecule has 1 heterocycles. The van der Waals surface area contributed by atoms with Crippen LogP contribution in [0, 0.1) is 0 Å². The molecule has 6 heteroatoms. The van der Waals surface area contributed by atoms with E-state index >= 15 is 0 Å². The Morgan fingerprint density at radius 3 is 2.84 bits per heavy atom. The Kier molecular flexibility index (Phi) is 4.79. The lowest BCUT2D eigenvalue weighted by Crippen LogP contribution is -2.20. The van der Waals surface area contributed by atoms with Gasteiger partial charge in [-0.05, 0) is 47.0 Å². The summed E-state index contributed by atoms with van der Waals surface area (Å²) in [6.45, 7) is 0.700. The predicted octanol–water partition coefficient (Wildman–Crippen LogP) is 3.97. The average Bonchev–Trinajstić information content (AvgIpc) is 3.05. The molecule has 2 aromatic carbocycles. The van der Waals surface area contributed by atoms with Crippen LogP contribution in [0.3, 0.4) is 0 Å². The van der Waals surface area contributed by atoms with Crippen LogP contribution < -0.4 is 10.1 Å². The monoisotopic (exact) mass is 347 g/mol. The van der Waals surface area contributed by atoms with E-state index in [0.29, 0.717) is 12.2 Å². The van der Waals surface area contributed by atoms with E-state index in [-0.39, 0.29) is 12.5 Å². The zero-order valence-electron chi connectivity index (χ0n) is 13.3. The lowest BCUT2D eigenvalue weighted by atomic mass is 10.1. The molecule has 0 aromatic heterocycles. The highest BCUT2D eigenvalue weighted by Crippen LogP contribution is 2.29. The van der Waals surface area contributed by atoms with E-state index in [1.807, 2.05) is 18.2 Å². The molecule has 1 aliphatic rings. The number of benzene rings is 2. The molecule has 1 amide bonds. The van der Waals surface area contributed by atoms with Gasteiger partial charge in [0.05, 0.1) is 12.2 Å². The largest absolute Gasteiger partial charge is 0.493 e. The van der Waals surface area contributed by atoms with E-state index in [9.17, 15) is 18.0 Å². The summed E-state index contributed by atoms with van der Waals surface area (Å²) in [6.07, 6.45) is -0.513. The first-order valence-corrected chi connectivity index (χ1v) is 7.79. The molecular weight excluding hydrogens is 331 g/mol. The van der Waals surface area contributed by atoms with Crippen molar-refractivity contribution in [3.05, 3.63) is 70.8 Å². The minimum Gasteiger partial charge on any atom is -0.493 e. The molecule has 1 N–H and O–H groups in total. The number of carbonyl (C=O) groups excluding carboxylic acids is 1. The van der Waals surface area contributed by atoms with Crippen LogP contribution in [0.25, 0.3) is 6.08 Å². The first-order valence-electron chi connectivity index (χ1n) is 7.79. The van der Waals surface area contributed by atoms with Gasteiger partial charge in [0.25, 0.3) is 0 Å². The summed E-state index contributed by atoms with van der Waals surface area (Å²) in [7, 11) is 0. The van der Waals surface area contributed by atoms with Gasteiger partial charge in [0, 0.05) is 19.0 Å². The fourth-order valence-corrected chi connectivity index (χ4v) is 2.59. The van der Waals surface area contributed by atoms with Gasteiger partial charge in [-0.1, -0.05) is 18.2 Å². The SMILES string of the molecule is O=C(/C=C/c1ccc2c(c1)CCO2)NCc1cccc(C(F)(F)F)c1. The van der Waals surface area contributed by atoms with Crippen LogP contribution in [0.4, 0.5) is 13.2 Å². The highest BCUT2D eigenvalue weighted by atomic mass is 19.4. The molecule has 0 atom stereocenters. The molecule has 0 bridgehead atoms. The Hall–Kier alpha value is -2.76. The summed E-state index contributed by atoms with van der Waals surface area (Å²) in [5.41, 5.74) is 1.64. The Labute approximate surface area is 143 Å². The van der Waals surface area contributed by atoms with Crippen molar-refractivity contribution in [3.8, 4) is 5.75 Å². The van der Waals surface area contributed by atoms with Crippen molar-refractivity contribution < 1.29 is 22.7 Å². The van der Waals surface area contributed by atoms with Crippen LogP contribution >= 0.6 is 0 Å². The first-order chi connectivity index (χ1) is 11.9. The van der Waals surface area contributed by atoms with E-state index < -0.39 is 11.7 Å². The maximum atomic E-state index is 12.7. The quantitative estimate of drug-likeness (QED) is 0.850. The number of hydrogen-bond acceptors (Lipinski definition) is 2. The van der Waals surface area contributed by atoms with Crippen molar-refractivity contribution >= 4 is 12.0 Å². The smallest absolute Gasteiger partial charge is 0.416 e. The molecule has 3 nitrogen and oxygen atoms in total. The van der Waals surface area contributed by atoms with Gasteiger partial charge in [-0.25, -0.2) is 0 Å². The van der Waals surface area contributed by atoms with Gasteiger partial charge in [0.1, 0.15) is 5.75 Å². The molecule has 0 spiro atoms. The summed E-state index contributed by atoms with van der Waals surface area (Å²) in [5, 5.41) is 2.58. The van der Waals surface area contributed by atoms with Crippen molar-refractivity contribution in [2.75, 3.05) is 6.61 Å². The van der Waals surface area contributed by atoms with Crippen molar-refractivity contribution in [3.63, 3.8) is 0 Å². The molecular formula is C19H16F3NO2. The molecule has 0 saturated heterocycles. The van der Waals surface area contributed by atoms with Crippen LogP contribution in [0.1, 0.15) is 22.3 Å². The first kappa shape index (κ1) is 17.1. The summed E-state index contributed by atoms with van der Waals surface area (Å²) < 4.78 is 43.4. The maximum absolute atomic E-state index is 12.7. The normalized spacial score (nSPS) is 13.6. The number of alkyl halides is 3. The number of rotatable bonds is 4. The number of halogens is 3. The second kappa shape index (κ2) is 7.01. The summed E-state index contributed by atoms with van der Waals surface area (Å²) >= 11 is 0. The molecule has 25 heavy (non-hydrogen) atoms. The van der Waals surface area contributed by atoms with Gasteiger partial charge in [0.15, 0.2) is 0 Å². The zero-order valence-corrected chi connectivity index (χ0v) is 13.3. The fourth-order valence-electron chi connectivity index (χ4n) is 2.59. The van der Waals surface area contributed by atoms with Gasteiger partial charge in [-0.3, -0.25) is 4.79 Å². The van der Waals surface area contributed by atoms with Crippen molar-refractivity contribution in [1.29, 1.82) is 0 Å². The third-order valence-electron chi connectivity index (χ3n) is 3.86. The highest BCUT2D eigenvalue weighted by Gasteiger charge is 2.30. The topological polar surface area (TPSA) is 38.3 Å². The molecule has 0 fully saturated rings. The molecule has 2 aromatic rings. The lowest BCUT2D eigenvalue weighted by molar-refractivity contribution is -0.137. The van der Waals surface area contributed by atoms with Crippen LogP contribution in [0.5, 0.6) is 5.75 Å². The van der Waals surface area contributed by atoms with E-state index in [1.54, 1.807) is 12.1 Å². The standard InChI is InChI=1S/C19H16F3NO2/c20-19(21,22)16-3-1-2-14(11-16)12-23-18(24)7-5-13-4-6-17-15(10-13)8-9-25-17/h1-7,10-11H,8-9,12H2,(H,23,24)/b7-5+. The minimum absolute atomic E-state index is 0.0329. The fraction of sp³-hybridized carbons (Fsp3) is 0.211. The Bertz CT molecular complexity index is 813. The lowest BCUT2D eigenvalue weighted by Gasteiger charge is -2.09. The Morgan fingerprint density at radius 2 is 2.04 bits per heavy atom. The van der Waals surface area contributed by atoms with E-state index in [1.165, 1.54) is 12.1 Å². The van der Waals surface area contributed by atoms with Crippen LogP contribution in [0.2, 0.25) is 0 Å². The number of carbonyl (C=O) groups is 1. The summed E-state index contributed by atoms with van der Waals surface area (Å²) in [6, 6.07) is 10.6. The highest BCUT2D eigenvalue weighted by molar-refractivity contribution is 5.91. The summed E-state index contributed by atoms with van der Waals surface area (Å²) in [4.78, 5) is 11.9. The van der Waals surface area contributed by atoms with Crippen LogP contribution in [-0.2, 0) is 23.9 Å². The van der Waals surface area contributed by atoms with Crippen LogP contribution in [-0.4, -0.2) is 12.5 Å². The third kappa shape index (κ3) is 4.41. The zero-order chi connectivity index (χ0) is 17.9. The van der Waals surface area contributed by atoms with Gasteiger partial charge in [0.2, 0.25) is 5.91 Å². The molecule has 0 aliphatic carbocycles. The molecule has 130 valence electrons.